The Kier molecular flexibility index (Phi) is 4.65. The van der Waals surface area contributed by atoms with E-state index in [0.29, 0.717) is 11.1 Å². The summed E-state index contributed by atoms with van der Waals surface area (Å²) in [5, 5.41) is 8.82. The van der Waals surface area contributed by atoms with Crippen molar-refractivity contribution < 1.29 is 4.79 Å². The van der Waals surface area contributed by atoms with E-state index in [9.17, 15) is 4.79 Å². The van der Waals surface area contributed by atoms with E-state index in [1.165, 1.54) is 5.56 Å². The lowest BCUT2D eigenvalue weighted by Crippen LogP contribution is -2.48. The number of hydrogen-bond donors (Lipinski definition) is 0. The van der Waals surface area contributed by atoms with Crippen LogP contribution in [0.5, 0.6) is 0 Å². The second kappa shape index (κ2) is 7.03. The molecule has 2 aromatic rings. The number of carbonyl (C=O) groups is 1. The van der Waals surface area contributed by atoms with Crippen molar-refractivity contribution in [3.8, 4) is 6.07 Å². The molecule has 5 nitrogen and oxygen atoms in total. The predicted molar refractivity (Wildman–Crippen MR) is 86.6 cm³/mol. The van der Waals surface area contributed by atoms with Crippen molar-refractivity contribution >= 4 is 5.91 Å². The van der Waals surface area contributed by atoms with Crippen LogP contribution in [0, 0.1) is 11.3 Å². The van der Waals surface area contributed by atoms with Crippen LogP contribution in [0.4, 0.5) is 0 Å². The van der Waals surface area contributed by atoms with Gasteiger partial charge in [0.15, 0.2) is 0 Å². The average molecular weight is 306 g/mol. The monoisotopic (exact) mass is 306 g/mol. The molecule has 1 aliphatic rings. The smallest absolute Gasteiger partial charge is 0.255 e. The summed E-state index contributed by atoms with van der Waals surface area (Å²) in [5.41, 5.74) is 2.52. The Bertz CT molecular complexity index is 698. The summed E-state index contributed by atoms with van der Waals surface area (Å²) in [5.74, 6) is 0.0520. The van der Waals surface area contributed by atoms with Gasteiger partial charge in [-0.25, -0.2) is 0 Å². The lowest BCUT2D eigenvalue weighted by atomic mass is 10.1. The first kappa shape index (κ1) is 15.2. The fraction of sp³-hybridized carbons (Fsp3) is 0.278. The standard InChI is InChI=1S/C18H18N4O/c19-12-15-3-5-16(6-4-15)14-21-8-10-22(11-9-21)18(23)17-2-1-7-20-13-17/h1-7,13H,8-11,14H2. The first-order valence-corrected chi connectivity index (χ1v) is 7.67. The van der Waals surface area contributed by atoms with Crippen molar-refractivity contribution in [1.29, 1.82) is 5.26 Å². The Morgan fingerprint density at radius 2 is 1.87 bits per heavy atom. The maximum absolute atomic E-state index is 12.4. The van der Waals surface area contributed by atoms with Crippen LogP contribution in [-0.2, 0) is 6.54 Å². The van der Waals surface area contributed by atoms with Gasteiger partial charge in [-0.1, -0.05) is 12.1 Å². The molecule has 1 fully saturated rings. The van der Waals surface area contributed by atoms with Gasteiger partial charge in [0.05, 0.1) is 17.2 Å². The molecule has 0 spiro atoms. The topological polar surface area (TPSA) is 60.2 Å². The molecule has 1 aromatic carbocycles. The van der Waals surface area contributed by atoms with Crippen LogP contribution in [0.15, 0.2) is 48.8 Å². The summed E-state index contributed by atoms with van der Waals surface area (Å²) >= 11 is 0. The highest BCUT2D eigenvalue weighted by Crippen LogP contribution is 2.12. The molecule has 0 saturated carbocycles. The van der Waals surface area contributed by atoms with E-state index in [1.807, 2.05) is 29.2 Å². The number of amides is 1. The number of pyridine rings is 1. The first-order chi connectivity index (χ1) is 11.3. The van der Waals surface area contributed by atoms with Crippen molar-refractivity contribution in [2.24, 2.45) is 0 Å². The van der Waals surface area contributed by atoms with Gasteiger partial charge in [-0.3, -0.25) is 14.7 Å². The van der Waals surface area contributed by atoms with Gasteiger partial charge >= 0.3 is 0 Å². The molecular formula is C18H18N4O. The van der Waals surface area contributed by atoms with Gasteiger partial charge in [-0.15, -0.1) is 0 Å². The van der Waals surface area contributed by atoms with E-state index in [4.69, 9.17) is 5.26 Å². The van der Waals surface area contributed by atoms with Gasteiger partial charge in [0.1, 0.15) is 0 Å². The van der Waals surface area contributed by atoms with E-state index < -0.39 is 0 Å². The van der Waals surface area contributed by atoms with E-state index in [2.05, 4.69) is 16.0 Å². The van der Waals surface area contributed by atoms with Gasteiger partial charge in [0.2, 0.25) is 0 Å². The zero-order valence-corrected chi connectivity index (χ0v) is 12.9. The van der Waals surface area contributed by atoms with Crippen molar-refractivity contribution in [3.63, 3.8) is 0 Å². The molecule has 1 aromatic heterocycles. The van der Waals surface area contributed by atoms with Crippen molar-refractivity contribution in [1.82, 2.24) is 14.8 Å². The van der Waals surface area contributed by atoms with Crippen molar-refractivity contribution in [2.75, 3.05) is 26.2 Å². The number of rotatable bonds is 3. The lowest BCUT2D eigenvalue weighted by molar-refractivity contribution is 0.0628. The lowest BCUT2D eigenvalue weighted by Gasteiger charge is -2.34. The highest BCUT2D eigenvalue weighted by atomic mass is 16.2. The summed E-state index contributed by atoms with van der Waals surface area (Å²) < 4.78 is 0. The predicted octanol–water partition coefficient (Wildman–Crippen LogP) is 1.91. The molecule has 1 aliphatic heterocycles. The summed E-state index contributed by atoms with van der Waals surface area (Å²) in [6.45, 7) is 4.01. The number of nitriles is 1. The molecule has 0 bridgehead atoms. The minimum Gasteiger partial charge on any atom is -0.336 e. The van der Waals surface area contributed by atoms with E-state index in [0.717, 1.165) is 32.7 Å². The molecule has 1 amide bonds. The number of nitrogens with zero attached hydrogens (tertiary/aromatic N) is 4. The molecule has 3 rings (SSSR count). The molecule has 116 valence electrons. The molecule has 0 radical (unpaired) electrons. The number of piperazine rings is 1. The molecule has 1 saturated heterocycles. The molecule has 2 heterocycles. The fourth-order valence-corrected chi connectivity index (χ4v) is 2.72. The van der Waals surface area contributed by atoms with Crippen molar-refractivity contribution in [2.45, 2.75) is 6.54 Å². The maximum atomic E-state index is 12.4. The minimum atomic E-state index is 0.0520. The number of carbonyl (C=O) groups excluding carboxylic acids is 1. The molecule has 5 heteroatoms. The Labute approximate surface area is 135 Å². The molecule has 23 heavy (non-hydrogen) atoms. The Morgan fingerprint density at radius 3 is 2.48 bits per heavy atom. The third-order valence-electron chi connectivity index (χ3n) is 4.06. The minimum absolute atomic E-state index is 0.0520. The van der Waals surface area contributed by atoms with E-state index >= 15 is 0 Å². The first-order valence-electron chi connectivity index (χ1n) is 7.67. The van der Waals surface area contributed by atoms with Gasteiger partial charge < -0.3 is 4.90 Å². The van der Waals surface area contributed by atoms with Gasteiger partial charge in [-0.2, -0.15) is 5.26 Å². The van der Waals surface area contributed by atoms with Crippen LogP contribution in [0.25, 0.3) is 0 Å². The van der Waals surface area contributed by atoms with Crippen LogP contribution < -0.4 is 0 Å². The highest BCUT2D eigenvalue weighted by Gasteiger charge is 2.22. The normalized spacial score (nSPS) is 15.2. The molecular weight excluding hydrogens is 288 g/mol. The average Bonchev–Trinajstić information content (AvgIpc) is 2.63. The van der Waals surface area contributed by atoms with Crippen LogP contribution in [0.1, 0.15) is 21.5 Å². The number of hydrogen-bond acceptors (Lipinski definition) is 4. The van der Waals surface area contributed by atoms with E-state index in [-0.39, 0.29) is 5.91 Å². The van der Waals surface area contributed by atoms with Gasteiger partial charge in [0.25, 0.3) is 5.91 Å². The zero-order valence-electron chi connectivity index (χ0n) is 12.9. The second-order valence-corrected chi connectivity index (χ2v) is 5.62. The van der Waals surface area contributed by atoms with Crippen LogP contribution in [0.2, 0.25) is 0 Å². The van der Waals surface area contributed by atoms with Gasteiger partial charge in [0, 0.05) is 45.1 Å². The Hall–Kier alpha value is -2.71. The Morgan fingerprint density at radius 1 is 1.13 bits per heavy atom. The SMILES string of the molecule is N#Cc1ccc(CN2CCN(C(=O)c3cccnc3)CC2)cc1. The molecule has 0 N–H and O–H groups in total. The van der Waals surface area contributed by atoms with Gasteiger partial charge in [-0.05, 0) is 29.8 Å². The van der Waals surface area contributed by atoms with E-state index in [1.54, 1.807) is 24.5 Å². The quantitative estimate of drug-likeness (QED) is 0.869. The summed E-state index contributed by atoms with van der Waals surface area (Å²) in [7, 11) is 0. The van der Waals surface area contributed by atoms with Crippen molar-refractivity contribution in [3.05, 3.63) is 65.5 Å². The molecule has 0 aliphatic carbocycles. The van der Waals surface area contributed by atoms with Crippen LogP contribution >= 0.6 is 0 Å². The summed E-state index contributed by atoms with van der Waals surface area (Å²) in [6.07, 6.45) is 3.29. The summed E-state index contributed by atoms with van der Waals surface area (Å²) in [6, 6.07) is 13.4. The maximum Gasteiger partial charge on any atom is 0.255 e. The zero-order chi connectivity index (χ0) is 16.1. The van der Waals surface area contributed by atoms with Crippen LogP contribution in [0.3, 0.4) is 0 Å². The fourth-order valence-electron chi connectivity index (χ4n) is 2.72. The molecule has 0 atom stereocenters. The third kappa shape index (κ3) is 3.74. The largest absolute Gasteiger partial charge is 0.336 e. The summed E-state index contributed by atoms with van der Waals surface area (Å²) in [4.78, 5) is 20.6. The van der Waals surface area contributed by atoms with Crippen LogP contribution in [-0.4, -0.2) is 46.9 Å². The highest BCUT2D eigenvalue weighted by molar-refractivity contribution is 5.93. The number of aromatic nitrogens is 1. The second-order valence-electron chi connectivity index (χ2n) is 5.62. The Balaban J connectivity index is 1.54. The molecule has 0 unspecified atom stereocenters. The third-order valence-corrected chi connectivity index (χ3v) is 4.06. The number of benzene rings is 1.